The van der Waals surface area contributed by atoms with Crippen LogP contribution in [0.4, 0.5) is 0 Å². The van der Waals surface area contributed by atoms with Crippen LogP contribution in [0.25, 0.3) is 0 Å². The van der Waals surface area contributed by atoms with Gasteiger partial charge in [-0.1, -0.05) is 39.7 Å². The van der Waals surface area contributed by atoms with Gasteiger partial charge in [-0.3, -0.25) is 0 Å². The van der Waals surface area contributed by atoms with Crippen molar-refractivity contribution in [2.75, 3.05) is 6.79 Å². The molecule has 3 aromatic rings. The van der Waals surface area contributed by atoms with Crippen LogP contribution < -0.4 is 14.2 Å². The SMILES string of the molecule is Clc1ccc([C@H]2Oc3ccc(Br)cc3[C@@H]3CC(c4ccc5c(c4)OCO5)=NN23)cc1. The molecular weight excluding hydrogens is 468 g/mol. The maximum absolute atomic E-state index is 6.40. The van der Waals surface area contributed by atoms with Gasteiger partial charge in [0.15, 0.2) is 11.5 Å². The topological polar surface area (TPSA) is 43.3 Å². The molecule has 0 saturated heterocycles. The average Bonchev–Trinajstić information content (AvgIpc) is 3.41. The Kier molecular flexibility index (Phi) is 4.18. The molecule has 0 spiro atoms. The number of fused-ring (bicyclic) bond motifs is 4. The minimum absolute atomic E-state index is 0.0763. The monoisotopic (exact) mass is 482 g/mol. The van der Waals surface area contributed by atoms with Crippen molar-refractivity contribution < 1.29 is 14.2 Å². The van der Waals surface area contributed by atoms with Gasteiger partial charge in [-0.15, -0.1) is 0 Å². The van der Waals surface area contributed by atoms with E-state index in [4.69, 9.17) is 30.9 Å². The Morgan fingerprint density at radius 2 is 1.73 bits per heavy atom. The quantitative estimate of drug-likeness (QED) is 0.443. The summed E-state index contributed by atoms with van der Waals surface area (Å²) in [5.41, 5.74) is 4.15. The van der Waals surface area contributed by atoms with E-state index in [0.29, 0.717) is 5.02 Å². The number of rotatable bonds is 2. The van der Waals surface area contributed by atoms with Crippen molar-refractivity contribution in [2.45, 2.75) is 18.7 Å². The van der Waals surface area contributed by atoms with Gasteiger partial charge in [-0.2, -0.15) is 5.10 Å². The first-order valence-corrected chi connectivity index (χ1v) is 10.8. The largest absolute Gasteiger partial charge is 0.464 e. The van der Waals surface area contributed by atoms with Crippen LogP contribution >= 0.6 is 27.5 Å². The average molecular weight is 484 g/mol. The highest BCUT2D eigenvalue weighted by Crippen LogP contribution is 2.48. The third-order valence-electron chi connectivity index (χ3n) is 5.61. The van der Waals surface area contributed by atoms with E-state index in [0.717, 1.165) is 50.5 Å². The highest BCUT2D eigenvalue weighted by Gasteiger charge is 2.41. The molecule has 5 nitrogen and oxygen atoms in total. The maximum Gasteiger partial charge on any atom is 0.231 e. The van der Waals surface area contributed by atoms with Crippen LogP contribution in [0.15, 0.2) is 70.2 Å². The predicted octanol–water partition coefficient (Wildman–Crippen LogP) is 6.07. The number of benzene rings is 3. The minimum atomic E-state index is -0.326. The number of hydrogen-bond acceptors (Lipinski definition) is 5. The second kappa shape index (κ2) is 6.93. The summed E-state index contributed by atoms with van der Waals surface area (Å²) in [4.78, 5) is 0. The summed E-state index contributed by atoms with van der Waals surface area (Å²) >= 11 is 9.69. The Morgan fingerprint density at radius 1 is 0.933 bits per heavy atom. The molecule has 3 aliphatic rings. The van der Waals surface area contributed by atoms with Crippen LogP contribution in [-0.2, 0) is 0 Å². The molecule has 7 heteroatoms. The molecule has 0 N–H and O–H groups in total. The van der Waals surface area contributed by atoms with E-state index >= 15 is 0 Å². The van der Waals surface area contributed by atoms with E-state index in [1.54, 1.807) is 0 Å². The summed E-state index contributed by atoms with van der Waals surface area (Å²) in [6.45, 7) is 0.258. The van der Waals surface area contributed by atoms with Crippen LogP contribution in [0.5, 0.6) is 17.2 Å². The molecule has 6 rings (SSSR count). The lowest BCUT2D eigenvalue weighted by Gasteiger charge is -2.38. The molecule has 2 atom stereocenters. The van der Waals surface area contributed by atoms with Gasteiger partial charge in [-0.25, -0.2) is 5.01 Å². The molecule has 0 radical (unpaired) electrons. The molecule has 0 unspecified atom stereocenters. The molecule has 0 saturated carbocycles. The Balaban J connectivity index is 1.43. The van der Waals surface area contributed by atoms with Crippen molar-refractivity contribution in [3.63, 3.8) is 0 Å². The van der Waals surface area contributed by atoms with Crippen LogP contribution in [0, 0.1) is 0 Å². The summed E-state index contributed by atoms with van der Waals surface area (Å²) in [5, 5.41) is 7.74. The van der Waals surface area contributed by atoms with Gasteiger partial charge in [-0.05, 0) is 48.5 Å². The Morgan fingerprint density at radius 3 is 2.60 bits per heavy atom. The number of hydrogen-bond donors (Lipinski definition) is 0. The summed E-state index contributed by atoms with van der Waals surface area (Å²) in [5.74, 6) is 2.40. The normalized spacial score (nSPS) is 21.0. The van der Waals surface area contributed by atoms with Crippen molar-refractivity contribution in [3.8, 4) is 17.2 Å². The van der Waals surface area contributed by atoms with Crippen LogP contribution in [0.1, 0.15) is 35.4 Å². The zero-order chi connectivity index (χ0) is 20.2. The van der Waals surface area contributed by atoms with Crippen LogP contribution in [0.2, 0.25) is 5.02 Å². The molecule has 3 heterocycles. The Labute approximate surface area is 186 Å². The summed E-state index contributed by atoms with van der Waals surface area (Å²) in [7, 11) is 0. The van der Waals surface area contributed by atoms with E-state index in [1.165, 1.54) is 0 Å². The van der Waals surface area contributed by atoms with E-state index in [1.807, 2.05) is 54.6 Å². The predicted molar refractivity (Wildman–Crippen MR) is 117 cm³/mol. The third kappa shape index (κ3) is 2.94. The maximum atomic E-state index is 6.40. The number of ether oxygens (including phenoxy) is 3. The van der Waals surface area contributed by atoms with Gasteiger partial charge in [0.05, 0.1) is 11.8 Å². The molecule has 0 bridgehead atoms. The van der Waals surface area contributed by atoms with Gasteiger partial charge < -0.3 is 14.2 Å². The molecule has 30 heavy (non-hydrogen) atoms. The fraction of sp³-hybridized carbons (Fsp3) is 0.174. The lowest BCUT2D eigenvalue weighted by molar-refractivity contribution is -0.0190. The molecule has 0 aliphatic carbocycles. The van der Waals surface area contributed by atoms with Gasteiger partial charge in [0.1, 0.15) is 5.75 Å². The van der Waals surface area contributed by atoms with E-state index in [-0.39, 0.29) is 19.1 Å². The summed E-state index contributed by atoms with van der Waals surface area (Å²) in [6, 6.07) is 19.9. The smallest absolute Gasteiger partial charge is 0.231 e. The van der Waals surface area contributed by atoms with Gasteiger partial charge >= 0.3 is 0 Å². The van der Waals surface area contributed by atoms with Gasteiger partial charge in [0, 0.05) is 32.6 Å². The first-order valence-electron chi connectivity index (χ1n) is 9.63. The fourth-order valence-electron chi connectivity index (χ4n) is 4.16. The highest BCUT2D eigenvalue weighted by molar-refractivity contribution is 9.10. The van der Waals surface area contributed by atoms with Crippen molar-refractivity contribution in [1.29, 1.82) is 0 Å². The molecular formula is C23H16BrClN2O3. The van der Waals surface area contributed by atoms with Gasteiger partial charge in [0.2, 0.25) is 13.0 Å². The zero-order valence-electron chi connectivity index (χ0n) is 15.7. The first-order chi connectivity index (χ1) is 14.7. The molecule has 0 fully saturated rings. The number of hydrazone groups is 1. The second-order valence-corrected chi connectivity index (χ2v) is 8.77. The molecule has 0 aromatic heterocycles. The molecule has 150 valence electrons. The van der Waals surface area contributed by atoms with Crippen molar-refractivity contribution >= 4 is 33.2 Å². The van der Waals surface area contributed by atoms with Crippen molar-refractivity contribution in [2.24, 2.45) is 5.10 Å². The standard InChI is InChI=1S/C23H16BrClN2O3/c24-15-4-8-20-17(10-15)19-11-18(14-3-7-21-22(9-14)29-12-28-21)26-27(19)23(30-20)13-1-5-16(25)6-2-13/h1-10,19,23H,11-12H2/t19-,23+/m0/s1. The molecule has 3 aromatic carbocycles. The van der Waals surface area contributed by atoms with Crippen LogP contribution in [-0.4, -0.2) is 17.5 Å². The summed E-state index contributed by atoms with van der Waals surface area (Å²) < 4.78 is 18.4. The number of halogens is 2. The molecule has 0 amide bonds. The first kappa shape index (κ1) is 18.1. The van der Waals surface area contributed by atoms with Crippen LogP contribution in [0.3, 0.4) is 0 Å². The van der Waals surface area contributed by atoms with Crippen molar-refractivity contribution in [1.82, 2.24) is 5.01 Å². The Hall–Kier alpha value is -2.70. The second-order valence-electron chi connectivity index (χ2n) is 7.42. The Bertz CT molecular complexity index is 1180. The van der Waals surface area contributed by atoms with Crippen molar-refractivity contribution in [3.05, 3.63) is 86.8 Å². The van der Waals surface area contributed by atoms with E-state index in [2.05, 4.69) is 27.0 Å². The number of nitrogens with zero attached hydrogens (tertiary/aromatic N) is 2. The van der Waals surface area contributed by atoms with E-state index < -0.39 is 0 Å². The highest BCUT2D eigenvalue weighted by atomic mass is 79.9. The molecule has 3 aliphatic heterocycles. The van der Waals surface area contributed by atoms with E-state index in [9.17, 15) is 0 Å². The fourth-order valence-corrected chi connectivity index (χ4v) is 4.66. The lowest BCUT2D eigenvalue weighted by Crippen LogP contribution is -2.33. The van der Waals surface area contributed by atoms with Gasteiger partial charge in [0.25, 0.3) is 0 Å². The zero-order valence-corrected chi connectivity index (χ0v) is 18.1. The lowest BCUT2D eigenvalue weighted by atomic mass is 9.96. The summed E-state index contributed by atoms with van der Waals surface area (Å²) in [6.07, 6.45) is 0.448. The minimum Gasteiger partial charge on any atom is -0.464 e. The third-order valence-corrected chi connectivity index (χ3v) is 6.36.